The van der Waals surface area contributed by atoms with Gasteiger partial charge in [0.25, 0.3) is 5.91 Å². The quantitative estimate of drug-likeness (QED) is 0.634. The smallest absolute Gasteiger partial charge is 0.355 e. The summed E-state index contributed by atoms with van der Waals surface area (Å²) in [5.74, 6) is -1.45. The molecule has 1 amide bonds. The van der Waals surface area contributed by atoms with Crippen LogP contribution >= 0.6 is 0 Å². The fraction of sp³-hybridized carbons (Fsp3) is 0.263. The van der Waals surface area contributed by atoms with Crippen molar-refractivity contribution in [2.75, 3.05) is 5.32 Å². The molecule has 0 unspecified atom stereocenters. The van der Waals surface area contributed by atoms with Crippen molar-refractivity contribution >= 4 is 23.3 Å². The maximum Gasteiger partial charge on any atom is 0.355 e. The highest BCUT2D eigenvalue weighted by Crippen LogP contribution is 2.20. The third kappa shape index (κ3) is 3.81. The Bertz CT molecular complexity index is 921. The van der Waals surface area contributed by atoms with Crippen LogP contribution in [-0.2, 0) is 9.53 Å². The predicted molar refractivity (Wildman–Crippen MR) is 94.9 cm³/mol. The van der Waals surface area contributed by atoms with Crippen LogP contribution in [0.4, 0.5) is 5.69 Å². The normalized spacial score (nSPS) is 11.3. The number of benzene rings is 1. The van der Waals surface area contributed by atoms with E-state index < -0.39 is 18.0 Å². The molecule has 0 aliphatic rings. The zero-order chi connectivity index (χ0) is 19.4. The number of H-pyrrole nitrogens is 1. The van der Waals surface area contributed by atoms with E-state index in [1.54, 1.807) is 38.1 Å². The second-order valence-corrected chi connectivity index (χ2v) is 5.88. The zero-order valence-electron chi connectivity index (χ0n) is 15.0. The molecule has 0 radical (unpaired) electrons. The van der Waals surface area contributed by atoms with Crippen molar-refractivity contribution in [2.24, 2.45) is 0 Å². The minimum absolute atomic E-state index is 0.143. The standard InChI is InChI=1S/C19H19N3O4/c1-10-16(12(3)23)11(2)21-17(10)19(25)26-13(4)18(24)22-15-8-6-5-7-14(15)9-20/h5-8,13,21H,1-4H3,(H,22,24)/t13-/m1/s1. The molecule has 0 fully saturated rings. The zero-order valence-corrected chi connectivity index (χ0v) is 15.0. The van der Waals surface area contributed by atoms with E-state index in [0.29, 0.717) is 28.1 Å². The van der Waals surface area contributed by atoms with Gasteiger partial charge >= 0.3 is 5.97 Å². The number of ketones is 1. The van der Waals surface area contributed by atoms with Crippen LogP contribution in [0.2, 0.25) is 0 Å². The van der Waals surface area contributed by atoms with E-state index in [9.17, 15) is 14.4 Å². The van der Waals surface area contributed by atoms with Gasteiger partial charge in [0.1, 0.15) is 11.8 Å². The summed E-state index contributed by atoms with van der Waals surface area (Å²) in [5.41, 5.74) is 2.29. The maximum absolute atomic E-state index is 12.3. The van der Waals surface area contributed by atoms with Crippen molar-refractivity contribution in [3.05, 3.63) is 52.3 Å². The third-order valence-electron chi connectivity index (χ3n) is 3.95. The fourth-order valence-corrected chi connectivity index (χ4v) is 2.68. The number of nitrogens with one attached hydrogen (secondary N) is 2. The number of hydrogen-bond acceptors (Lipinski definition) is 5. The molecule has 2 N–H and O–H groups in total. The van der Waals surface area contributed by atoms with E-state index in [2.05, 4.69) is 10.3 Å². The molecule has 7 heteroatoms. The fourth-order valence-electron chi connectivity index (χ4n) is 2.68. The number of aromatic nitrogens is 1. The minimum Gasteiger partial charge on any atom is -0.448 e. The second-order valence-electron chi connectivity index (χ2n) is 5.88. The van der Waals surface area contributed by atoms with Gasteiger partial charge in [0.15, 0.2) is 11.9 Å². The molecule has 1 aromatic heterocycles. The summed E-state index contributed by atoms with van der Waals surface area (Å²) in [6.07, 6.45) is -1.09. The van der Waals surface area contributed by atoms with Gasteiger partial charge in [-0.25, -0.2) is 4.79 Å². The van der Waals surface area contributed by atoms with Gasteiger partial charge in [-0.3, -0.25) is 9.59 Å². The summed E-state index contributed by atoms with van der Waals surface area (Å²) in [7, 11) is 0. The largest absolute Gasteiger partial charge is 0.448 e. The van der Waals surface area contributed by atoms with E-state index in [4.69, 9.17) is 10.00 Å². The van der Waals surface area contributed by atoms with E-state index in [-0.39, 0.29) is 11.5 Å². The maximum atomic E-state index is 12.3. The number of nitrogens with zero attached hydrogens (tertiary/aromatic N) is 1. The molecule has 2 rings (SSSR count). The van der Waals surface area contributed by atoms with Crippen LogP contribution in [-0.4, -0.2) is 28.7 Å². The van der Waals surface area contributed by atoms with Gasteiger partial charge in [0.2, 0.25) is 0 Å². The van der Waals surface area contributed by atoms with Crippen LogP contribution in [0.1, 0.15) is 51.5 Å². The number of esters is 1. The Balaban J connectivity index is 2.12. The molecule has 0 saturated heterocycles. The van der Waals surface area contributed by atoms with Gasteiger partial charge in [0, 0.05) is 11.3 Å². The van der Waals surface area contributed by atoms with Crippen LogP contribution < -0.4 is 5.32 Å². The first-order valence-corrected chi connectivity index (χ1v) is 7.97. The van der Waals surface area contributed by atoms with Crippen molar-refractivity contribution in [3.63, 3.8) is 0 Å². The van der Waals surface area contributed by atoms with E-state index in [1.807, 2.05) is 6.07 Å². The van der Waals surface area contributed by atoms with Crippen LogP contribution in [0, 0.1) is 25.2 Å². The molecule has 1 atom stereocenters. The van der Waals surface area contributed by atoms with Crippen molar-refractivity contribution in [3.8, 4) is 6.07 Å². The number of aromatic amines is 1. The minimum atomic E-state index is -1.09. The molecule has 1 heterocycles. The molecular weight excluding hydrogens is 334 g/mol. The lowest BCUT2D eigenvalue weighted by molar-refractivity contribution is -0.123. The number of carbonyl (C=O) groups is 3. The van der Waals surface area contributed by atoms with Crippen molar-refractivity contribution in [1.29, 1.82) is 5.26 Å². The molecule has 134 valence electrons. The number of amides is 1. The van der Waals surface area contributed by atoms with Gasteiger partial charge in [0.05, 0.1) is 11.3 Å². The van der Waals surface area contributed by atoms with Gasteiger partial charge in [-0.2, -0.15) is 5.26 Å². The topological polar surface area (TPSA) is 112 Å². The monoisotopic (exact) mass is 353 g/mol. The van der Waals surface area contributed by atoms with Crippen molar-refractivity contribution < 1.29 is 19.1 Å². The molecule has 0 spiro atoms. The molecule has 0 bridgehead atoms. The number of para-hydroxylation sites is 1. The highest BCUT2D eigenvalue weighted by molar-refractivity contribution is 6.02. The first kappa shape index (κ1) is 18.9. The predicted octanol–water partition coefficient (Wildman–Crippen LogP) is 2.89. The highest BCUT2D eigenvalue weighted by Gasteiger charge is 2.25. The number of hydrogen-bond donors (Lipinski definition) is 2. The molecule has 26 heavy (non-hydrogen) atoms. The first-order chi connectivity index (χ1) is 12.3. The van der Waals surface area contributed by atoms with Crippen molar-refractivity contribution in [2.45, 2.75) is 33.8 Å². The SMILES string of the molecule is CC(=O)c1c(C)[nH]c(C(=O)O[C@H](C)C(=O)Nc2ccccc2C#N)c1C. The second kappa shape index (κ2) is 7.66. The molecule has 0 saturated carbocycles. The third-order valence-corrected chi connectivity index (χ3v) is 3.95. The lowest BCUT2D eigenvalue weighted by Crippen LogP contribution is -2.30. The summed E-state index contributed by atoms with van der Waals surface area (Å²) in [6, 6.07) is 8.49. The Morgan fingerprint density at radius 2 is 1.88 bits per heavy atom. The highest BCUT2D eigenvalue weighted by atomic mass is 16.5. The molecule has 7 nitrogen and oxygen atoms in total. The Morgan fingerprint density at radius 3 is 2.46 bits per heavy atom. The molecule has 1 aromatic carbocycles. The molecular formula is C19H19N3O4. The summed E-state index contributed by atoms with van der Waals surface area (Å²) in [5, 5.41) is 11.6. The Labute approximate surface area is 151 Å². The summed E-state index contributed by atoms with van der Waals surface area (Å²) >= 11 is 0. The molecule has 0 aliphatic heterocycles. The Hall–Kier alpha value is -3.40. The van der Waals surface area contributed by atoms with Crippen LogP contribution in [0.3, 0.4) is 0 Å². The number of Topliss-reactive ketones (excluding diaryl/α,β-unsaturated/α-hetero) is 1. The first-order valence-electron chi connectivity index (χ1n) is 7.97. The van der Waals surface area contributed by atoms with Gasteiger partial charge in [-0.05, 0) is 45.4 Å². The summed E-state index contributed by atoms with van der Waals surface area (Å²) in [6.45, 7) is 6.18. The van der Waals surface area contributed by atoms with Crippen molar-refractivity contribution in [1.82, 2.24) is 4.98 Å². The van der Waals surface area contributed by atoms with E-state index >= 15 is 0 Å². The Kier molecular flexibility index (Phi) is 5.58. The number of anilines is 1. The van der Waals surface area contributed by atoms with Crippen LogP contribution in [0.25, 0.3) is 0 Å². The number of rotatable bonds is 5. The number of ether oxygens (including phenoxy) is 1. The van der Waals surface area contributed by atoms with Gasteiger partial charge < -0.3 is 15.0 Å². The Morgan fingerprint density at radius 1 is 1.23 bits per heavy atom. The lowest BCUT2D eigenvalue weighted by Gasteiger charge is -2.14. The lowest BCUT2D eigenvalue weighted by atomic mass is 10.1. The number of nitriles is 1. The summed E-state index contributed by atoms with van der Waals surface area (Å²) in [4.78, 5) is 39.1. The molecule has 0 aliphatic carbocycles. The average Bonchev–Trinajstić information content (AvgIpc) is 2.89. The summed E-state index contributed by atoms with van der Waals surface area (Å²) < 4.78 is 5.20. The van der Waals surface area contributed by atoms with Gasteiger partial charge in [-0.1, -0.05) is 12.1 Å². The van der Waals surface area contributed by atoms with E-state index in [0.717, 1.165) is 0 Å². The van der Waals surface area contributed by atoms with Crippen LogP contribution in [0.15, 0.2) is 24.3 Å². The van der Waals surface area contributed by atoms with Gasteiger partial charge in [-0.15, -0.1) is 0 Å². The number of aryl methyl sites for hydroxylation is 1. The van der Waals surface area contributed by atoms with Crippen LogP contribution in [0.5, 0.6) is 0 Å². The average molecular weight is 353 g/mol. The number of carbonyl (C=O) groups excluding carboxylic acids is 3. The molecule has 2 aromatic rings. The van der Waals surface area contributed by atoms with E-state index in [1.165, 1.54) is 13.8 Å².